The number of aliphatic hydroxyl groups is 1. The van der Waals surface area contributed by atoms with Gasteiger partial charge >= 0.3 is 0 Å². The Kier molecular flexibility index (Phi) is 3.84. The van der Waals surface area contributed by atoms with Crippen molar-refractivity contribution >= 4 is 0 Å². The van der Waals surface area contributed by atoms with Crippen molar-refractivity contribution in [2.75, 3.05) is 13.2 Å². The second-order valence-corrected chi connectivity index (χ2v) is 6.76. The van der Waals surface area contributed by atoms with E-state index in [1.165, 1.54) is 31.2 Å². The van der Waals surface area contributed by atoms with Crippen LogP contribution < -0.4 is 4.74 Å². The highest BCUT2D eigenvalue weighted by Gasteiger charge is 2.59. The molecule has 1 aromatic rings. The Morgan fingerprint density at radius 2 is 2.05 bits per heavy atom. The van der Waals surface area contributed by atoms with Crippen LogP contribution in [0.15, 0.2) is 24.3 Å². The predicted octanol–water partition coefficient (Wildman–Crippen LogP) is 2.67. The summed E-state index contributed by atoms with van der Waals surface area (Å²) < 4.78 is 17.6. The largest absolute Gasteiger partial charge is 0.491 e. The van der Waals surface area contributed by atoms with Crippen molar-refractivity contribution in [3.8, 4) is 5.75 Å². The van der Waals surface area contributed by atoms with Crippen LogP contribution in [0.25, 0.3) is 0 Å². The lowest BCUT2D eigenvalue weighted by Gasteiger charge is -2.61. The van der Waals surface area contributed by atoms with Crippen LogP contribution in [-0.2, 0) is 15.9 Å². The van der Waals surface area contributed by atoms with E-state index >= 15 is 0 Å². The molecule has 3 aliphatic heterocycles. The van der Waals surface area contributed by atoms with Crippen LogP contribution in [-0.4, -0.2) is 36.3 Å². The number of rotatable bonds is 5. The molecule has 1 N–H and O–H groups in total. The maximum absolute atomic E-state index is 8.78. The van der Waals surface area contributed by atoms with E-state index in [4.69, 9.17) is 19.3 Å². The van der Waals surface area contributed by atoms with E-state index < -0.39 is 0 Å². The quantitative estimate of drug-likeness (QED) is 0.908. The molecule has 22 heavy (non-hydrogen) atoms. The Morgan fingerprint density at radius 3 is 2.82 bits per heavy atom. The zero-order valence-corrected chi connectivity index (χ0v) is 12.9. The van der Waals surface area contributed by atoms with E-state index in [1.54, 1.807) is 0 Å². The van der Waals surface area contributed by atoms with Gasteiger partial charge in [-0.1, -0.05) is 25.0 Å². The molecule has 0 aromatic heterocycles. The van der Waals surface area contributed by atoms with Crippen LogP contribution in [0.4, 0.5) is 0 Å². The lowest BCUT2D eigenvalue weighted by molar-refractivity contribution is -0.403. The van der Waals surface area contributed by atoms with Gasteiger partial charge in [-0.05, 0) is 37.0 Å². The monoisotopic (exact) mass is 304 g/mol. The molecule has 5 rings (SSSR count). The standard InChI is InChI=1S/C18H24O4/c19-9-10-20-14-6-4-13(5-7-14)11-16-15-3-1-2-8-18(15)12-17(21-16)22-18/h4-7,15-17,19H,1-3,8-12H2. The van der Waals surface area contributed by atoms with Gasteiger partial charge in [0.15, 0.2) is 6.29 Å². The molecule has 4 heteroatoms. The first-order valence-corrected chi connectivity index (χ1v) is 8.45. The maximum Gasteiger partial charge on any atom is 0.161 e. The van der Waals surface area contributed by atoms with Gasteiger partial charge < -0.3 is 19.3 Å². The van der Waals surface area contributed by atoms with Gasteiger partial charge in [-0.2, -0.15) is 0 Å². The van der Waals surface area contributed by atoms with Crippen LogP contribution in [0, 0.1) is 5.92 Å². The van der Waals surface area contributed by atoms with E-state index in [0.717, 1.165) is 18.6 Å². The van der Waals surface area contributed by atoms with E-state index in [-0.39, 0.29) is 24.6 Å². The number of hydrogen-bond donors (Lipinski definition) is 1. The molecule has 4 nitrogen and oxygen atoms in total. The molecule has 120 valence electrons. The van der Waals surface area contributed by atoms with E-state index in [2.05, 4.69) is 12.1 Å². The van der Waals surface area contributed by atoms with Crippen LogP contribution in [0.5, 0.6) is 5.75 Å². The summed E-state index contributed by atoms with van der Waals surface area (Å²) in [5, 5.41) is 8.78. The van der Waals surface area contributed by atoms with Gasteiger partial charge in [0.2, 0.25) is 0 Å². The van der Waals surface area contributed by atoms with Gasteiger partial charge in [-0.3, -0.25) is 0 Å². The number of ether oxygens (including phenoxy) is 3. The highest BCUT2D eigenvalue weighted by molar-refractivity contribution is 5.28. The minimum Gasteiger partial charge on any atom is -0.491 e. The number of hydrogen-bond acceptors (Lipinski definition) is 4. The normalized spacial score (nSPS) is 36.3. The molecule has 1 aromatic carbocycles. The number of aliphatic hydroxyl groups excluding tert-OH is 1. The van der Waals surface area contributed by atoms with E-state index in [9.17, 15) is 0 Å². The highest BCUT2D eigenvalue weighted by Crippen LogP contribution is 2.54. The zero-order valence-electron chi connectivity index (χ0n) is 12.9. The number of benzene rings is 1. The minimum atomic E-state index is 0.0338. The summed E-state index contributed by atoms with van der Waals surface area (Å²) in [6.45, 7) is 0.386. The van der Waals surface area contributed by atoms with Gasteiger partial charge in [0, 0.05) is 12.3 Å². The average molecular weight is 304 g/mol. The molecular weight excluding hydrogens is 280 g/mol. The second kappa shape index (κ2) is 5.84. The molecular formula is C18H24O4. The summed E-state index contributed by atoms with van der Waals surface area (Å²) in [6, 6.07) is 8.16. The Labute approximate surface area is 131 Å². The Balaban J connectivity index is 1.42. The lowest BCUT2D eigenvalue weighted by atomic mass is 9.65. The van der Waals surface area contributed by atoms with Crippen molar-refractivity contribution in [1.29, 1.82) is 0 Å². The molecule has 3 saturated heterocycles. The van der Waals surface area contributed by atoms with Crippen molar-refractivity contribution in [2.24, 2.45) is 5.92 Å². The van der Waals surface area contributed by atoms with Gasteiger partial charge in [-0.15, -0.1) is 0 Å². The first-order chi connectivity index (χ1) is 10.8. The predicted molar refractivity (Wildman–Crippen MR) is 81.8 cm³/mol. The molecule has 4 atom stereocenters. The van der Waals surface area contributed by atoms with Crippen LogP contribution in [0.2, 0.25) is 0 Å². The van der Waals surface area contributed by atoms with Crippen molar-refractivity contribution < 1.29 is 19.3 Å². The summed E-state index contributed by atoms with van der Waals surface area (Å²) in [6.07, 6.45) is 7.41. The fourth-order valence-electron chi connectivity index (χ4n) is 4.37. The fraction of sp³-hybridized carbons (Fsp3) is 0.667. The first kappa shape index (κ1) is 14.5. The molecule has 2 bridgehead atoms. The highest BCUT2D eigenvalue weighted by atomic mass is 16.7. The van der Waals surface area contributed by atoms with E-state index in [1.807, 2.05) is 12.1 Å². The van der Waals surface area contributed by atoms with Gasteiger partial charge in [0.05, 0.1) is 18.3 Å². The molecule has 4 aliphatic rings. The average Bonchev–Trinajstić information content (AvgIpc) is 2.53. The summed E-state index contributed by atoms with van der Waals surface area (Å²) in [7, 11) is 0. The molecule has 1 saturated carbocycles. The maximum atomic E-state index is 8.78. The fourth-order valence-corrected chi connectivity index (χ4v) is 4.37. The SMILES string of the molecule is OCCOc1ccc(CC2OC3CC4(CCCCC24)O3)cc1. The van der Waals surface area contributed by atoms with Crippen LogP contribution in [0.1, 0.15) is 37.7 Å². The van der Waals surface area contributed by atoms with Crippen molar-refractivity contribution in [2.45, 2.75) is 56.5 Å². The molecule has 0 radical (unpaired) electrons. The summed E-state index contributed by atoms with van der Waals surface area (Å²) in [4.78, 5) is 0. The molecule has 1 spiro atoms. The molecule has 4 fully saturated rings. The van der Waals surface area contributed by atoms with Crippen LogP contribution >= 0.6 is 0 Å². The molecule has 4 unspecified atom stereocenters. The topological polar surface area (TPSA) is 47.9 Å². The van der Waals surface area contributed by atoms with Crippen molar-refractivity contribution in [3.05, 3.63) is 29.8 Å². The molecule has 3 heterocycles. The van der Waals surface area contributed by atoms with Gasteiger partial charge in [0.1, 0.15) is 12.4 Å². The first-order valence-electron chi connectivity index (χ1n) is 8.45. The minimum absolute atomic E-state index is 0.0338. The lowest BCUT2D eigenvalue weighted by Crippen LogP contribution is -2.66. The Bertz CT molecular complexity index is 501. The third kappa shape index (κ3) is 2.53. The van der Waals surface area contributed by atoms with Crippen molar-refractivity contribution in [1.82, 2.24) is 0 Å². The Morgan fingerprint density at radius 1 is 1.23 bits per heavy atom. The third-order valence-electron chi connectivity index (χ3n) is 5.41. The summed E-state index contributed by atoms with van der Waals surface area (Å²) >= 11 is 0. The van der Waals surface area contributed by atoms with Crippen LogP contribution in [0.3, 0.4) is 0 Å². The van der Waals surface area contributed by atoms with Gasteiger partial charge in [0.25, 0.3) is 0 Å². The Hall–Kier alpha value is -1.10. The summed E-state index contributed by atoms with van der Waals surface area (Å²) in [5.41, 5.74) is 1.42. The summed E-state index contributed by atoms with van der Waals surface area (Å²) in [5.74, 6) is 1.36. The number of fused-ring (bicyclic) bond motifs is 1. The molecule has 1 aliphatic carbocycles. The van der Waals surface area contributed by atoms with Crippen molar-refractivity contribution in [3.63, 3.8) is 0 Å². The van der Waals surface area contributed by atoms with Gasteiger partial charge in [-0.25, -0.2) is 0 Å². The third-order valence-corrected chi connectivity index (χ3v) is 5.41. The zero-order chi connectivity index (χ0) is 15.0. The second-order valence-electron chi connectivity index (χ2n) is 6.76. The van der Waals surface area contributed by atoms with E-state index in [0.29, 0.717) is 12.5 Å². The molecule has 0 amide bonds. The smallest absolute Gasteiger partial charge is 0.161 e.